The Balaban J connectivity index is 1.68. The van der Waals surface area contributed by atoms with E-state index < -0.39 is 0 Å². The Morgan fingerprint density at radius 2 is 2.11 bits per heavy atom. The molecule has 0 saturated carbocycles. The van der Waals surface area contributed by atoms with Crippen molar-refractivity contribution in [3.8, 4) is 0 Å². The molecule has 4 heteroatoms. The molecule has 0 bridgehead atoms. The second-order valence-corrected chi connectivity index (χ2v) is 5.71. The van der Waals surface area contributed by atoms with Gasteiger partial charge in [-0.15, -0.1) is 0 Å². The van der Waals surface area contributed by atoms with Crippen LogP contribution < -0.4 is 10.6 Å². The van der Waals surface area contributed by atoms with Crippen molar-refractivity contribution in [3.05, 3.63) is 28.2 Å². The first-order valence-electron chi connectivity index (χ1n) is 6.69. The van der Waals surface area contributed by atoms with E-state index in [0.29, 0.717) is 0 Å². The lowest BCUT2D eigenvalue weighted by Gasteiger charge is -2.27. The lowest BCUT2D eigenvalue weighted by Crippen LogP contribution is -2.44. The summed E-state index contributed by atoms with van der Waals surface area (Å²) in [6.07, 6.45) is 1.19. The van der Waals surface area contributed by atoms with Gasteiger partial charge in [0.05, 0.1) is 0 Å². The van der Waals surface area contributed by atoms with Crippen molar-refractivity contribution in [1.82, 2.24) is 10.2 Å². The fraction of sp³-hybridized carbons (Fsp3) is 0.571. The summed E-state index contributed by atoms with van der Waals surface area (Å²) in [5.74, 6) is 0. The van der Waals surface area contributed by atoms with Gasteiger partial charge in [-0.2, -0.15) is 0 Å². The Bertz CT molecular complexity index is 375. The third kappa shape index (κ3) is 4.26. The highest BCUT2D eigenvalue weighted by molar-refractivity contribution is 9.10. The molecule has 1 saturated heterocycles. The number of rotatable bonds is 5. The van der Waals surface area contributed by atoms with Crippen LogP contribution in [0.4, 0.5) is 5.69 Å². The summed E-state index contributed by atoms with van der Waals surface area (Å²) >= 11 is 3.59. The van der Waals surface area contributed by atoms with E-state index in [1.165, 1.54) is 37.3 Å². The second kappa shape index (κ2) is 7.12. The molecule has 0 unspecified atom stereocenters. The van der Waals surface area contributed by atoms with E-state index in [0.717, 1.165) is 24.1 Å². The Hall–Kier alpha value is -0.580. The van der Waals surface area contributed by atoms with Crippen LogP contribution in [0.2, 0.25) is 0 Å². The highest BCUT2D eigenvalue weighted by Crippen LogP contribution is 2.23. The topological polar surface area (TPSA) is 27.3 Å². The summed E-state index contributed by atoms with van der Waals surface area (Å²) in [6.45, 7) is 8.99. The molecule has 1 heterocycles. The average Bonchev–Trinajstić information content (AvgIpc) is 2.38. The quantitative estimate of drug-likeness (QED) is 0.818. The molecule has 1 aliphatic rings. The van der Waals surface area contributed by atoms with Crippen molar-refractivity contribution in [2.24, 2.45) is 0 Å². The third-order valence-corrected chi connectivity index (χ3v) is 3.96. The van der Waals surface area contributed by atoms with Crippen molar-refractivity contribution in [2.45, 2.75) is 13.3 Å². The number of piperazine rings is 1. The molecule has 1 aromatic carbocycles. The maximum absolute atomic E-state index is 3.59. The SMILES string of the molecule is Cc1ccc(NCCCN2CCNCC2)c(Br)c1. The van der Waals surface area contributed by atoms with Gasteiger partial charge in [0.25, 0.3) is 0 Å². The van der Waals surface area contributed by atoms with Gasteiger partial charge in [0, 0.05) is 42.9 Å². The number of hydrogen-bond donors (Lipinski definition) is 2. The molecule has 2 N–H and O–H groups in total. The van der Waals surface area contributed by atoms with Gasteiger partial charge in [0.2, 0.25) is 0 Å². The first-order chi connectivity index (χ1) is 8.75. The first kappa shape index (κ1) is 13.8. The molecule has 18 heavy (non-hydrogen) atoms. The number of halogens is 1. The van der Waals surface area contributed by atoms with E-state index in [9.17, 15) is 0 Å². The van der Waals surface area contributed by atoms with Gasteiger partial charge >= 0.3 is 0 Å². The summed E-state index contributed by atoms with van der Waals surface area (Å²) < 4.78 is 1.16. The minimum Gasteiger partial charge on any atom is -0.384 e. The minimum atomic E-state index is 1.03. The Labute approximate surface area is 118 Å². The van der Waals surface area contributed by atoms with Crippen molar-refractivity contribution < 1.29 is 0 Å². The molecule has 0 aliphatic carbocycles. The third-order valence-electron chi connectivity index (χ3n) is 3.30. The normalized spacial score (nSPS) is 16.8. The van der Waals surface area contributed by atoms with Gasteiger partial charge in [-0.1, -0.05) is 6.07 Å². The van der Waals surface area contributed by atoms with Crippen LogP contribution in [0.5, 0.6) is 0 Å². The van der Waals surface area contributed by atoms with E-state index in [1.807, 2.05) is 0 Å². The molecular formula is C14H22BrN3. The molecule has 100 valence electrons. The molecule has 0 radical (unpaired) electrons. The fourth-order valence-corrected chi connectivity index (χ4v) is 2.86. The molecule has 2 rings (SSSR count). The molecule has 0 aromatic heterocycles. The van der Waals surface area contributed by atoms with Crippen LogP contribution in [0.25, 0.3) is 0 Å². The van der Waals surface area contributed by atoms with Gasteiger partial charge in [0.1, 0.15) is 0 Å². The molecule has 1 fully saturated rings. The number of nitrogens with zero attached hydrogens (tertiary/aromatic N) is 1. The largest absolute Gasteiger partial charge is 0.384 e. The van der Waals surface area contributed by atoms with Crippen LogP contribution in [0.15, 0.2) is 22.7 Å². The maximum Gasteiger partial charge on any atom is 0.0484 e. The minimum absolute atomic E-state index is 1.03. The standard InChI is InChI=1S/C14H22BrN3/c1-12-3-4-14(13(15)11-12)17-5-2-8-18-9-6-16-7-10-18/h3-4,11,16-17H,2,5-10H2,1H3. The smallest absolute Gasteiger partial charge is 0.0484 e. The number of nitrogens with one attached hydrogen (secondary N) is 2. The molecule has 1 aromatic rings. The zero-order chi connectivity index (χ0) is 12.8. The van der Waals surface area contributed by atoms with Crippen LogP contribution in [-0.4, -0.2) is 44.2 Å². The van der Waals surface area contributed by atoms with Gasteiger partial charge in [-0.25, -0.2) is 0 Å². The molecule has 1 aliphatic heterocycles. The summed E-state index contributed by atoms with van der Waals surface area (Å²) in [5, 5.41) is 6.87. The summed E-state index contributed by atoms with van der Waals surface area (Å²) in [5.41, 5.74) is 2.48. The Kier molecular flexibility index (Phi) is 5.47. The molecule has 0 atom stereocenters. The Morgan fingerprint density at radius 3 is 2.83 bits per heavy atom. The summed E-state index contributed by atoms with van der Waals surface area (Å²) in [4.78, 5) is 2.53. The number of hydrogen-bond acceptors (Lipinski definition) is 3. The van der Waals surface area contributed by atoms with Crippen LogP contribution in [0, 0.1) is 6.92 Å². The van der Waals surface area contributed by atoms with Gasteiger partial charge < -0.3 is 15.5 Å². The zero-order valence-corrected chi connectivity index (χ0v) is 12.6. The predicted octanol–water partition coefficient (Wildman–Crippen LogP) is 2.46. The van der Waals surface area contributed by atoms with Crippen LogP contribution in [-0.2, 0) is 0 Å². The first-order valence-corrected chi connectivity index (χ1v) is 7.48. The van der Waals surface area contributed by atoms with Crippen LogP contribution in [0.1, 0.15) is 12.0 Å². The zero-order valence-electron chi connectivity index (χ0n) is 11.0. The van der Waals surface area contributed by atoms with Gasteiger partial charge in [-0.3, -0.25) is 0 Å². The summed E-state index contributed by atoms with van der Waals surface area (Å²) in [7, 11) is 0. The fourth-order valence-electron chi connectivity index (χ4n) is 2.22. The average molecular weight is 312 g/mol. The highest BCUT2D eigenvalue weighted by atomic mass is 79.9. The van der Waals surface area contributed by atoms with Crippen molar-refractivity contribution in [1.29, 1.82) is 0 Å². The van der Waals surface area contributed by atoms with Gasteiger partial charge in [-0.05, 0) is 53.5 Å². The predicted molar refractivity (Wildman–Crippen MR) is 81.3 cm³/mol. The van der Waals surface area contributed by atoms with E-state index in [1.54, 1.807) is 0 Å². The number of aryl methyl sites for hydroxylation is 1. The summed E-state index contributed by atoms with van der Waals surface area (Å²) in [6, 6.07) is 6.44. The molecule has 0 amide bonds. The van der Waals surface area contributed by atoms with Gasteiger partial charge in [0.15, 0.2) is 0 Å². The second-order valence-electron chi connectivity index (χ2n) is 4.86. The van der Waals surface area contributed by atoms with Crippen molar-refractivity contribution >= 4 is 21.6 Å². The van der Waals surface area contributed by atoms with E-state index >= 15 is 0 Å². The van der Waals surface area contributed by atoms with E-state index in [-0.39, 0.29) is 0 Å². The van der Waals surface area contributed by atoms with E-state index in [4.69, 9.17) is 0 Å². The molecule has 3 nitrogen and oxygen atoms in total. The lowest BCUT2D eigenvalue weighted by molar-refractivity contribution is 0.240. The van der Waals surface area contributed by atoms with Crippen molar-refractivity contribution in [3.63, 3.8) is 0 Å². The monoisotopic (exact) mass is 311 g/mol. The number of benzene rings is 1. The van der Waals surface area contributed by atoms with E-state index in [2.05, 4.69) is 56.6 Å². The maximum atomic E-state index is 3.59. The van der Waals surface area contributed by atoms with Crippen molar-refractivity contribution in [2.75, 3.05) is 44.6 Å². The molecular weight excluding hydrogens is 290 g/mol. The van der Waals surface area contributed by atoms with Crippen LogP contribution >= 0.6 is 15.9 Å². The lowest BCUT2D eigenvalue weighted by atomic mass is 10.2. The Morgan fingerprint density at radius 1 is 1.33 bits per heavy atom. The molecule has 0 spiro atoms. The van der Waals surface area contributed by atoms with Crippen LogP contribution in [0.3, 0.4) is 0 Å². The number of anilines is 1. The highest BCUT2D eigenvalue weighted by Gasteiger charge is 2.08.